The Hall–Kier alpha value is -3.32. The minimum absolute atomic E-state index is 0.0591. The summed E-state index contributed by atoms with van der Waals surface area (Å²) in [6, 6.07) is 13.3. The lowest BCUT2D eigenvalue weighted by atomic mass is 9.95. The maximum atomic E-state index is 13.0. The van der Waals surface area contributed by atoms with Crippen LogP contribution in [0.1, 0.15) is 37.4 Å². The Bertz CT molecular complexity index is 982. The van der Waals surface area contributed by atoms with Crippen LogP contribution in [0.25, 0.3) is 5.76 Å². The summed E-state index contributed by atoms with van der Waals surface area (Å²) in [5.74, 6) is -0.339. The molecule has 7 nitrogen and oxygen atoms in total. The van der Waals surface area contributed by atoms with Crippen molar-refractivity contribution in [2.24, 2.45) is 0 Å². The van der Waals surface area contributed by atoms with Gasteiger partial charge in [0.25, 0.3) is 11.7 Å². The number of likely N-dealkylation sites (tertiary alicyclic amines) is 1. The largest absolute Gasteiger partial charge is 0.507 e. The second-order valence-electron chi connectivity index (χ2n) is 7.28. The fraction of sp³-hybridized carbons (Fsp3) is 0.360. The lowest BCUT2D eigenvalue weighted by Gasteiger charge is -2.25. The van der Waals surface area contributed by atoms with E-state index < -0.39 is 17.7 Å². The van der Waals surface area contributed by atoms with Crippen molar-refractivity contribution in [3.63, 3.8) is 0 Å². The van der Waals surface area contributed by atoms with Gasteiger partial charge in [-0.1, -0.05) is 24.3 Å². The molecule has 1 aliphatic heterocycles. The fourth-order valence-corrected chi connectivity index (χ4v) is 3.78. The van der Waals surface area contributed by atoms with E-state index >= 15 is 0 Å². The van der Waals surface area contributed by atoms with Gasteiger partial charge in [-0.2, -0.15) is 0 Å². The number of rotatable bonds is 10. The highest BCUT2D eigenvalue weighted by molar-refractivity contribution is 6.46. The van der Waals surface area contributed by atoms with Crippen molar-refractivity contribution in [3.05, 3.63) is 65.2 Å². The molecule has 0 saturated carbocycles. The monoisotopic (exact) mass is 439 g/mol. The summed E-state index contributed by atoms with van der Waals surface area (Å²) in [5, 5.41) is 11.1. The van der Waals surface area contributed by atoms with E-state index in [1.54, 1.807) is 36.4 Å². The molecule has 1 atom stereocenters. The van der Waals surface area contributed by atoms with E-state index in [0.29, 0.717) is 55.4 Å². The second kappa shape index (κ2) is 10.8. The van der Waals surface area contributed by atoms with Crippen molar-refractivity contribution in [1.82, 2.24) is 4.90 Å². The van der Waals surface area contributed by atoms with Crippen LogP contribution in [-0.4, -0.2) is 55.2 Å². The summed E-state index contributed by atoms with van der Waals surface area (Å²) < 4.78 is 16.1. The highest BCUT2D eigenvalue weighted by Gasteiger charge is 2.45. The molecule has 1 unspecified atom stereocenters. The molecule has 0 aliphatic carbocycles. The lowest BCUT2D eigenvalue weighted by Crippen LogP contribution is -2.31. The second-order valence-corrected chi connectivity index (χ2v) is 7.28. The SMILES string of the molecule is CCOCCCN1C(=O)C(=O)C(=C(O)c2cccc(OC)c2)C1c1ccc(OCC)cc1. The molecule has 1 aliphatic rings. The first-order valence-electron chi connectivity index (χ1n) is 10.7. The maximum Gasteiger partial charge on any atom is 0.295 e. The number of hydrogen-bond acceptors (Lipinski definition) is 6. The standard InChI is InChI=1S/C25H29NO6/c1-4-31-15-7-14-26-22(17-10-12-19(13-11-17)32-5-2)21(24(28)25(26)29)23(27)18-8-6-9-20(16-18)30-3/h6,8-13,16,22,27H,4-5,7,14-15H2,1-3H3. The summed E-state index contributed by atoms with van der Waals surface area (Å²) >= 11 is 0. The van der Waals surface area contributed by atoms with Crippen LogP contribution in [0.15, 0.2) is 54.1 Å². The molecule has 3 rings (SSSR count). The summed E-state index contributed by atoms with van der Waals surface area (Å²) in [4.78, 5) is 27.5. The molecule has 1 heterocycles. The van der Waals surface area contributed by atoms with Crippen LogP contribution in [0.4, 0.5) is 0 Å². The average molecular weight is 440 g/mol. The molecule has 1 fully saturated rings. The van der Waals surface area contributed by atoms with E-state index in [-0.39, 0.29) is 11.3 Å². The number of nitrogens with zero attached hydrogens (tertiary/aromatic N) is 1. The number of aliphatic hydroxyl groups excluding tert-OH is 1. The zero-order valence-electron chi connectivity index (χ0n) is 18.7. The molecule has 1 saturated heterocycles. The Morgan fingerprint density at radius 3 is 2.44 bits per heavy atom. The molecular weight excluding hydrogens is 410 g/mol. The van der Waals surface area contributed by atoms with E-state index in [0.717, 1.165) is 0 Å². The van der Waals surface area contributed by atoms with Gasteiger partial charge in [0, 0.05) is 25.3 Å². The predicted molar refractivity (Wildman–Crippen MR) is 121 cm³/mol. The van der Waals surface area contributed by atoms with E-state index in [1.807, 2.05) is 26.0 Å². The van der Waals surface area contributed by atoms with E-state index in [9.17, 15) is 14.7 Å². The van der Waals surface area contributed by atoms with Crippen LogP contribution in [0, 0.1) is 0 Å². The number of benzene rings is 2. The van der Waals surface area contributed by atoms with Crippen molar-refractivity contribution in [1.29, 1.82) is 0 Å². The fourth-order valence-electron chi connectivity index (χ4n) is 3.78. The average Bonchev–Trinajstić information content (AvgIpc) is 3.07. The van der Waals surface area contributed by atoms with Gasteiger partial charge in [-0.05, 0) is 50.1 Å². The summed E-state index contributed by atoms with van der Waals surface area (Å²) in [5.41, 5.74) is 1.19. The zero-order valence-corrected chi connectivity index (χ0v) is 18.7. The molecule has 7 heteroatoms. The van der Waals surface area contributed by atoms with Gasteiger partial charge in [0.15, 0.2) is 0 Å². The zero-order chi connectivity index (χ0) is 23.1. The Morgan fingerprint density at radius 1 is 1.03 bits per heavy atom. The molecule has 0 radical (unpaired) electrons. The molecule has 1 amide bonds. The minimum Gasteiger partial charge on any atom is -0.507 e. The number of ketones is 1. The third kappa shape index (κ3) is 4.94. The number of aliphatic hydroxyl groups is 1. The van der Waals surface area contributed by atoms with Gasteiger partial charge < -0.3 is 24.2 Å². The van der Waals surface area contributed by atoms with Crippen molar-refractivity contribution in [3.8, 4) is 11.5 Å². The summed E-state index contributed by atoms with van der Waals surface area (Å²) in [7, 11) is 1.52. The van der Waals surface area contributed by atoms with Gasteiger partial charge in [0.1, 0.15) is 17.3 Å². The Kier molecular flexibility index (Phi) is 7.89. The number of carbonyl (C=O) groups excluding carboxylic acids is 2. The quantitative estimate of drug-likeness (QED) is 0.261. The first-order valence-corrected chi connectivity index (χ1v) is 10.7. The normalized spacial score (nSPS) is 17.6. The molecule has 2 aromatic carbocycles. The molecule has 1 N–H and O–H groups in total. The van der Waals surface area contributed by atoms with Gasteiger partial charge in [-0.3, -0.25) is 9.59 Å². The number of amides is 1. The van der Waals surface area contributed by atoms with Crippen molar-refractivity contribution in [2.75, 3.05) is 33.5 Å². The highest BCUT2D eigenvalue weighted by Crippen LogP contribution is 2.40. The Morgan fingerprint density at radius 2 is 1.78 bits per heavy atom. The third-order valence-corrected chi connectivity index (χ3v) is 5.28. The first kappa shape index (κ1) is 23.3. The van der Waals surface area contributed by atoms with Gasteiger partial charge >= 0.3 is 0 Å². The molecule has 32 heavy (non-hydrogen) atoms. The van der Waals surface area contributed by atoms with Crippen LogP contribution in [0.3, 0.4) is 0 Å². The minimum atomic E-state index is -0.710. The van der Waals surface area contributed by atoms with Gasteiger partial charge in [-0.15, -0.1) is 0 Å². The van der Waals surface area contributed by atoms with Crippen molar-refractivity contribution >= 4 is 17.4 Å². The van der Waals surface area contributed by atoms with E-state index in [4.69, 9.17) is 14.2 Å². The predicted octanol–water partition coefficient (Wildman–Crippen LogP) is 3.94. The van der Waals surface area contributed by atoms with Crippen LogP contribution in [0.5, 0.6) is 11.5 Å². The van der Waals surface area contributed by atoms with Crippen LogP contribution in [0.2, 0.25) is 0 Å². The first-order chi connectivity index (χ1) is 15.5. The number of methoxy groups -OCH3 is 1. The molecule has 0 bridgehead atoms. The molecule has 2 aromatic rings. The number of hydrogen-bond donors (Lipinski definition) is 1. The van der Waals surface area contributed by atoms with Gasteiger partial charge in [-0.25, -0.2) is 0 Å². The smallest absolute Gasteiger partial charge is 0.295 e. The van der Waals surface area contributed by atoms with Crippen LogP contribution >= 0.6 is 0 Å². The highest BCUT2D eigenvalue weighted by atomic mass is 16.5. The van der Waals surface area contributed by atoms with Crippen molar-refractivity contribution < 1.29 is 28.9 Å². The molecule has 0 aromatic heterocycles. The number of carbonyl (C=O) groups is 2. The summed E-state index contributed by atoms with van der Waals surface area (Å²) in [6.07, 6.45) is 0.577. The molecule has 170 valence electrons. The van der Waals surface area contributed by atoms with Crippen molar-refractivity contribution in [2.45, 2.75) is 26.3 Å². The maximum absolute atomic E-state index is 13.0. The van der Waals surface area contributed by atoms with Gasteiger partial charge in [0.2, 0.25) is 0 Å². The molecular formula is C25H29NO6. The number of ether oxygens (including phenoxy) is 3. The topological polar surface area (TPSA) is 85.3 Å². The lowest BCUT2D eigenvalue weighted by molar-refractivity contribution is -0.140. The van der Waals surface area contributed by atoms with Gasteiger partial charge in [0.05, 0.1) is 25.3 Å². The summed E-state index contributed by atoms with van der Waals surface area (Å²) in [6.45, 7) is 5.72. The van der Waals surface area contributed by atoms with E-state index in [1.165, 1.54) is 12.0 Å². The Balaban J connectivity index is 2.05. The third-order valence-electron chi connectivity index (χ3n) is 5.28. The Labute approximate surface area is 188 Å². The number of Topliss-reactive ketones (excluding diaryl/α,β-unsaturated/α-hetero) is 1. The van der Waals surface area contributed by atoms with E-state index in [2.05, 4.69) is 0 Å². The van der Waals surface area contributed by atoms with Crippen LogP contribution < -0.4 is 9.47 Å². The van der Waals surface area contributed by atoms with Crippen LogP contribution in [-0.2, 0) is 14.3 Å². The molecule has 0 spiro atoms.